The van der Waals surface area contributed by atoms with Gasteiger partial charge in [0.2, 0.25) is 5.91 Å². The number of amides is 1. The molecule has 0 aromatic rings. The summed E-state index contributed by atoms with van der Waals surface area (Å²) in [5.74, 6) is 0.364. The standard InChI is InChI=1S/C5H11NOP2/c1-8-9-6-4-2-3-5(6)7/h8-9H,2-4H2,1H3. The Morgan fingerprint density at radius 2 is 2.44 bits per heavy atom. The van der Waals surface area contributed by atoms with Gasteiger partial charge in [-0.15, -0.1) is 0 Å². The smallest absolute Gasteiger partial charge is 0.225 e. The number of nitrogens with zero attached hydrogens (tertiary/aromatic N) is 1. The molecule has 1 saturated heterocycles. The van der Waals surface area contributed by atoms with E-state index in [0.29, 0.717) is 5.91 Å². The van der Waals surface area contributed by atoms with Gasteiger partial charge < -0.3 is 4.67 Å². The lowest BCUT2D eigenvalue weighted by Crippen LogP contribution is -2.12. The van der Waals surface area contributed by atoms with Gasteiger partial charge in [-0.3, -0.25) is 4.79 Å². The minimum Gasteiger partial charge on any atom is -0.321 e. The minimum absolute atomic E-state index is 0.364. The fraction of sp³-hybridized carbons (Fsp3) is 0.800. The summed E-state index contributed by atoms with van der Waals surface area (Å²) in [5, 5.41) is 0. The molecule has 0 saturated carbocycles. The van der Waals surface area contributed by atoms with Crippen LogP contribution in [0, 0.1) is 0 Å². The van der Waals surface area contributed by atoms with Crippen LogP contribution in [0.2, 0.25) is 0 Å². The molecule has 0 aromatic heterocycles. The Balaban J connectivity index is 2.31. The highest BCUT2D eigenvalue weighted by molar-refractivity contribution is 8.10. The van der Waals surface area contributed by atoms with Gasteiger partial charge in [-0.2, -0.15) is 0 Å². The number of hydrogen-bond acceptors (Lipinski definition) is 1. The van der Waals surface area contributed by atoms with E-state index in [1.807, 2.05) is 4.67 Å². The average molecular weight is 163 g/mol. The van der Waals surface area contributed by atoms with Crippen LogP contribution in [0.15, 0.2) is 0 Å². The first kappa shape index (κ1) is 7.44. The first-order valence-corrected chi connectivity index (χ1v) is 6.52. The van der Waals surface area contributed by atoms with Crippen molar-refractivity contribution >= 4 is 22.6 Å². The van der Waals surface area contributed by atoms with E-state index in [4.69, 9.17) is 0 Å². The van der Waals surface area contributed by atoms with E-state index >= 15 is 0 Å². The van der Waals surface area contributed by atoms with Crippen LogP contribution in [0.4, 0.5) is 0 Å². The normalized spacial score (nSPS) is 21.9. The first-order chi connectivity index (χ1) is 4.34. The number of rotatable bonds is 2. The second-order valence-electron chi connectivity index (χ2n) is 2.01. The van der Waals surface area contributed by atoms with Gasteiger partial charge >= 0.3 is 0 Å². The molecule has 1 amide bonds. The molecule has 52 valence electrons. The molecular formula is C5H11NOP2. The van der Waals surface area contributed by atoms with Crippen LogP contribution in [-0.2, 0) is 4.79 Å². The van der Waals surface area contributed by atoms with Gasteiger partial charge in [-0.25, -0.2) is 0 Å². The Kier molecular flexibility index (Phi) is 2.88. The maximum absolute atomic E-state index is 10.9. The first-order valence-electron chi connectivity index (χ1n) is 3.07. The molecular weight excluding hydrogens is 152 g/mol. The van der Waals surface area contributed by atoms with E-state index < -0.39 is 0 Å². The Morgan fingerprint density at radius 1 is 1.67 bits per heavy atom. The maximum Gasteiger partial charge on any atom is 0.225 e. The van der Waals surface area contributed by atoms with Gasteiger partial charge in [-0.05, 0) is 13.1 Å². The van der Waals surface area contributed by atoms with E-state index in [1.165, 1.54) is 0 Å². The van der Waals surface area contributed by atoms with E-state index in [9.17, 15) is 4.79 Å². The van der Waals surface area contributed by atoms with Crippen molar-refractivity contribution < 1.29 is 4.79 Å². The fourth-order valence-electron chi connectivity index (χ4n) is 0.901. The molecule has 1 aliphatic rings. The summed E-state index contributed by atoms with van der Waals surface area (Å²) in [4.78, 5) is 10.9. The topological polar surface area (TPSA) is 20.3 Å². The van der Waals surface area contributed by atoms with Crippen LogP contribution in [0.25, 0.3) is 0 Å². The van der Waals surface area contributed by atoms with Crippen molar-refractivity contribution in [2.24, 2.45) is 0 Å². The van der Waals surface area contributed by atoms with Gasteiger partial charge in [0, 0.05) is 21.4 Å². The molecule has 2 unspecified atom stereocenters. The second-order valence-corrected chi connectivity index (χ2v) is 5.44. The highest BCUT2D eigenvalue weighted by Gasteiger charge is 2.18. The quantitative estimate of drug-likeness (QED) is 0.564. The predicted octanol–water partition coefficient (Wildman–Crippen LogP) is 1.43. The molecule has 0 aromatic carbocycles. The summed E-state index contributed by atoms with van der Waals surface area (Å²) in [6, 6.07) is 0. The number of carbonyl (C=O) groups excluding carboxylic acids is 1. The largest absolute Gasteiger partial charge is 0.321 e. The highest BCUT2D eigenvalue weighted by atomic mass is 32.0. The Bertz CT molecular complexity index is 118. The third kappa shape index (κ3) is 1.88. The van der Waals surface area contributed by atoms with E-state index in [1.54, 1.807) is 0 Å². The lowest BCUT2D eigenvalue weighted by molar-refractivity contribution is -0.123. The van der Waals surface area contributed by atoms with Gasteiger partial charge in [0.15, 0.2) is 0 Å². The van der Waals surface area contributed by atoms with E-state index in [0.717, 1.165) is 36.1 Å². The van der Waals surface area contributed by atoms with Gasteiger partial charge in [-0.1, -0.05) is 8.27 Å². The van der Waals surface area contributed by atoms with Crippen molar-refractivity contribution in [3.05, 3.63) is 0 Å². The molecule has 0 aliphatic carbocycles. The zero-order chi connectivity index (χ0) is 6.69. The molecule has 1 fully saturated rings. The minimum atomic E-state index is 0.364. The summed E-state index contributed by atoms with van der Waals surface area (Å²) in [6.45, 7) is 3.15. The van der Waals surface area contributed by atoms with Crippen molar-refractivity contribution in [3.63, 3.8) is 0 Å². The monoisotopic (exact) mass is 163 g/mol. The molecule has 2 atom stereocenters. The second kappa shape index (κ2) is 3.49. The van der Waals surface area contributed by atoms with Crippen molar-refractivity contribution in [2.75, 3.05) is 13.2 Å². The zero-order valence-corrected chi connectivity index (χ0v) is 7.48. The molecule has 1 aliphatic heterocycles. The lowest BCUT2D eigenvalue weighted by Gasteiger charge is -2.12. The van der Waals surface area contributed by atoms with Crippen molar-refractivity contribution in [2.45, 2.75) is 12.8 Å². The molecule has 1 rings (SSSR count). The third-order valence-electron chi connectivity index (χ3n) is 1.32. The van der Waals surface area contributed by atoms with Gasteiger partial charge in [0.1, 0.15) is 0 Å². The molecule has 0 bridgehead atoms. The van der Waals surface area contributed by atoms with Crippen LogP contribution >= 0.6 is 16.7 Å². The summed E-state index contributed by atoms with van der Waals surface area (Å²) < 4.78 is 1.98. The third-order valence-corrected chi connectivity index (χ3v) is 3.77. The van der Waals surface area contributed by atoms with Crippen molar-refractivity contribution in [3.8, 4) is 0 Å². The molecule has 0 spiro atoms. The fourth-order valence-corrected chi connectivity index (χ4v) is 3.20. The Hall–Kier alpha value is 0.330. The average Bonchev–Trinajstić information content (AvgIpc) is 2.18. The zero-order valence-electron chi connectivity index (χ0n) is 5.48. The molecule has 0 N–H and O–H groups in total. The van der Waals surface area contributed by atoms with Crippen LogP contribution < -0.4 is 0 Å². The number of carbonyl (C=O) groups is 1. The van der Waals surface area contributed by atoms with Gasteiger partial charge in [0.25, 0.3) is 0 Å². The van der Waals surface area contributed by atoms with Gasteiger partial charge in [0.05, 0.1) is 0 Å². The summed E-state index contributed by atoms with van der Waals surface area (Å²) in [6.07, 6.45) is 1.87. The van der Waals surface area contributed by atoms with E-state index in [-0.39, 0.29) is 0 Å². The lowest BCUT2D eigenvalue weighted by atomic mass is 10.4. The summed E-state index contributed by atoms with van der Waals surface area (Å²) in [7, 11) is 1.67. The van der Waals surface area contributed by atoms with Crippen molar-refractivity contribution in [1.29, 1.82) is 0 Å². The molecule has 2 nitrogen and oxygen atoms in total. The van der Waals surface area contributed by atoms with Crippen LogP contribution in [0.1, 0.15) is 12.8 Å². The number of hydrogen-bond donors (Lipinski definition) is 0. The van der Waals surface area contributed by atoms with Crippen LogP contribution in [0.3, 0.4) is 0 Å². The molecule has 1 heterocycles. The summed E-state index contributed by atoms with van der Waals surface area (Å²) in [5.41, 5.74) is 0. The SMILES string of the molecule is CPPN1CCCC1=O. The Morgan fingerprint density at radius 3 is 2.89 bits per heavy atom. The molecule has 0 radical (unpaired) electrons. The Labute approximate surface area is 58.9 Å². The maximum atomic E-state index is 10.9. The summed E-state index contributed by atoms with van der Waals surface area (Å²) >= 11 is 0. The molecule has 4 heteroatoms. The van der Waals surface area contributed by atoms with Crippen molar-refractivity contribution in [1.82, 2.24) is 4.67 Å². The van der Waals surface area contributed by atoms with E-state index in [2.05, 4.69) is 6.66 Å². The highest BCUT2D eigenvalue weighted by Crippen LogP contribution is 2.39. The predicted molar refractivity (Wildman–Crippen MR) is 43.5 cm³/mol. The molecule has 9 heavy (non-hydrogen) atoms. The van der Waals surface area contributed by atoms with Crippen LogP contribution in [0.5, 0.6) is 0 Å². The van der Waals surface area contributed by atoms with Crippen LogP contribution in [-0.4, -0.2) is 23.8 Å².